The molecular weight excluding hydrogens is 306 g/mol. The lowest BCUT2D eigenvalue weighted by molar-refractivity contribution is 0.307. The van der Waals surface area contributed by atoms with Crippen LogP contribution < -0.4 is 0 Å². The van der Waals surface area contributed by atoms with Crippen LogP contribution in [0.5, 0.6) is 0 Å². The second kappa shape index (κ2) is 7.55. The average molecular weight is 328 g/mol. The van der Waals surface area contributed by atoms with Gasteiger partial charge in [-0.05, 0) is 61.8 Å². The molecule has 0 amide bonds. The predicted molar refractivity (Wildman–Crippen MR) is 91.5 cm³/mol. The zero-order valence-electron chi connectivity index (χ0n) is 14.3. The Balaban J connectivity index is 2.52. The van der Waals surface area contributed by atoms with E-state index in [2.05, 4.69) is 17.9 Å². The summed E-state index contributed by atoms with van der Waals surface area (Å²) in [7, 11) is 3.97. The molecule has 0 N–H and O–H groups in total. The molecule has 2 rings (SSSR count). The van der Waals surface area contributed by atoms with Crippen molar-refractivity contribution in [1.29, 1.82) is 5.26 Å². The molecule has 1 atom stereocenters. The van der Waals surface area contributed by atoms with Crippen molar-refractivity contribution in [2.45, 2.75) is 18.8 Å². The minimum absolute atomic E-state index is 0.231. The lowest BCUT2D eigenvalue weighted by atomic mass is 9.70. The van der Waals surface area contributed by atoms with Crippen LogP contribution in [0.15, 0.2) is 48.5 Å². The highest BCUT2D eigenvalue weighted by Gasteiger charge is 2.36. The molecule has 2 aromatic carbocycles. The van der Waals surface area contributed by atoms with Gasteiger partial charge in [0.05, 0.1) is 6.07 Å². The normalized spacial score (nSPS) is 12.9. The summed E-state index contributed by atoms with van der Waals surface area (Å²) < 4.78 is 26.7. The van der Waals surface area contributed by atoms with Crippen molar-refractivity contribution in [2.75, 3.05) is 20.6 Å². The highest BCUT2D eigenvalue weighted by Crippen LogP contribution is 2.38. The smallest absolute Gasteiger partial charge is 0.123 e. The van der Waals surface area contributed by atoms with E-state index in [1.54, 1.807) is 24.3 Å². The molecule has 0 heterocycles. The molecule has 0 fully saturated rings. The quantitative estimate of drug-likeness (QED) is 0.788. The minimum Gasteiger partial charge on any atom is -0.309 e. The largest absolute Gasteiger partial charge is 0.309 e. The molecule has 0 saturated carbocycles. The molecule has 2 aromatic rings. The number of rotatable bonds is 6. The summed E-state index contributed by atoms with van der Waals surface area (Å²) in [6, 6.07) is 14.5. The second-order valence-corrected chi connectivity index (χ2v) is 6.60. The van der Waals surface area contributed by atoms with Gasteiger partial charge in [0, 0.05) is 6.54 Å². The van der Waals surface area contributed by atoms with Crippen molar-refractivity contribution >= 4 is 0 Å². The standard InChI is InChI=1S/C20H22F2N2/c1-15(13-24(2)3)12-20(14-23,16-4-8-18(21)9-5-16)17-6-10-19(22)11-7-17/h4-11,15H,12-13H2,1-3H3. The van der Waals surface area contributed by atoms with Gasteiger partial charge in [-0.15, -0.1) is 0 Å². The average Bonchev–Trinajstić information content (AvgIpc) is 2.53. The zero-order valence-corrected chi connectivity index (χ0v) is 14.3. The number of nitrogens with zero attached hydrogens (tertiary/aromatic N) is 2. The van der Waals surface area contributed by atoms with E-state index in [-0.39, 0.29) is 17.6 Å². The van der Waals surface area contributed by atoms with Crippen LogP contribution in [0.3, 0.4) is 0 Å². The first-order chi connectivity index (χ1) is 11.4. The van der Waals surface area contributed by atoms with Gasteiger partial charge in [0.1, 0.15) is 17.0 Å². The monoisotopic (exact) mass is 328 g/mol. The molecule has 0 radical (unpaired) electrons. The van der Waals surface area contributed by atoms with E-state index in [9.17, 15) is 14.0 Å². The van der Waals surface area contributed by atoms with Gasteiger partial charge < -0.3 is 4.90 Å². The Bertz CT molecular complexity index is 654. The second-order valence-electron chi connectivity index (χ2n) is 6.60. The Kier molecular flexibility index (Phi) is 5.69. The molecule has 0 spiro atoms. The molecule has 0 aliphatic carbocycles. The summed E-state index contributed by atoms with van der Waals surface area (Å²) in [6.07, 6.45) is 0.568. The molecule has 0 bridgehead atoms. The van der Waals surface area contributed by atoms with Gasteiger partial charge in [-0.25, -0.2) is 8.78 Å². The van der Waals surface area contributed by atoms with Crippen LogP contribution in [0, 0.1) is 28.9 Å². The van der Waals surface area contributed by atoms with Crippen molar-refractivity contribution < 1.29 is 8.78 Å². The van der Waals surface area contributed by atoms with Crippen molar-refractivity contribution in [2.24, 2.45) is 5.92 Å². The fraction of sp³-hybridized carbons (Fsp3) is 0.350. The maximum atomic E-state index is 13.3. The van der Waals surface area contributed by atoms with E-state index < -0.39 is 5.41 Å². The van der Waals surface area contributed by atoms with Crippen LogP contribution in [-0.4, -0.2) is 25.5 Å². The third kappa shape index (κ3) is 3.98. The number of hydrogen-bond acceptors (Lipinski definition) is 2. The van der Waals surface area contributed by atoms with Crippen LogP contribution in [0.1, 0.15) is 24.5 Å². The summed E-state index contributed by atoms with van der Waals surface area (Å²) in [4.78, 5) is 2.07. The highest BCUT2D eigenvalue weighted by molar-refractivity contribution is 5.46. The highest BCUT2D eigenvalue weighted by atomic mass is 19.1. The number of hydrogen-bond donors (Lipinski definition) is 0. The van der Waals surface area contributed by atoms with Crippen molar-refractivity contribution in [3.63, 3.8) is 0 Å². The molecule has 0 aliphatic rings. The number of benzene rings is 2. The van der Waals surface area contributed by atoms with Gasteiger partial charge in [0.15, 0.2) is 0 Å². The lowest BCUT2D eigenvalue weighted by Gasteiger charge is -2.31. The first kappa shape index (κ1) is 18.1. The minimum atomic E-state index is -0.934. The van der Waals surface area contributed by atoms with Crippen molar-refractivity contribution in [1.82, 2.24) is 4.90 Å². The first-order valence-electron chi connectivity index (χ1n) is 7.95. The van der Waals surface area contributed by atoms with E-state index in [1.807, 2.05) is 14.1 Å². The fourth-order valence-corrected chi connectivity index (χ4v) is 3.26. The molecule has 4 heteroatoms. The maximum absolute atomic E-state index is 13.3. The molecule has 0 aliphatic heterocycles. The molecule has 126 valence electrons. The lowest BCUT2D eigenvalue weighted by Crippen LogP contribution is -2.32. The summed E-state index contributed by atoms with van der Waals surface area (Å²) >= 11 is 0. The molecule has 1 unspecified atom stereocenters. The van der Waals surface area contributed by atoms with Gasteiger partial charge in [-0.2, -0.15) is 5.26 Å². The van der Waals surface area contributed by atoms with Crippen molar-refractivity contribution in [3.8, 4) is 6.07 Å². The van der Waals surface area contributed by atoms with Gasteiger partial charge >= 0.3 is 0 Å². The van der Waals surface area contributed by atoms with E-state index in [0.717, 1.165) is 17.7 Å². The first-order valence-corrected chi connectivity index (χ1v) is 7.95. The van der Waals surface area contributed by atoms with Gasteiger partial charge in [0.2, 0.25) is 0 Å². The molecule has 0 saturated heterocycles. The Morgan fingerprint density at radius 1 is 0.958 bits per heavy atom. The summed E-state index contributed by atoms with van der Waals surface area (Å²) in [5.74, 6) is -0.452. The fourth-order valence-electron chi connectivity index (χ4n) is 3.26. The Labute approximate surface area is 142 Å². The molecule has 24 heavy (non-hydrogen) atoms. The van der Waals surface area contributed by atoms with Crippen LogP contribution in [0.2, 0.25) is 0 Å². The topological polar surface area (TPSA) is 27.0 Å². The van der Waals surface area contributed by atoms with Gasteiger partial charge in [-0.3, -0.25) is 0 Å². The van der Waals surface area contributed by atoms with E-state index in [0.29, 0.717) is 6.42 Å². The van der Waals surface area contributed by atoms with E-state index in [1.165, 1.54) is 24.3 Å². The Hall–Kier alpha value is -2.25. The molecule has 0 aromatic heterocycles. The maximum Gasteiger partial charge on any atom is 0.123 e. The Morgan fingerprint density at radius 2 is 1.38 bits per heavy atom. The SMILES string of the molecule is CC(CN(C)C)CC(C#N)(c1ccc(F)cc1)c1ccc(F)cc1. The summed E-state index contributed by atoms with van der Waals surface area (Å²) in [5, 5.41) is 10.1. The zero-order chi connectivity index (χ0) is 17.7. The molecule has 2 nitrogen and oxygen atoms in total. The van der Waals surface area contributed by atoms with Crippen LogP contribution in [-0.2, 0) is 5.41 Å². The predicted octanol–water partition coefficient (Wildman–Crippen LogP) is 4.36. The number of nitriles is 1. The Morgan fingerprint density at radius 3 is 1.71 bits per heavy atom. The number of halogens is 2. The van der Waals surface area contributed by atoms with E-state index >= 15 is 0 Å². The van der Waals surface area contributed by atoms with Gasteiger partial charge in [0.25, 0.3) is 0 Å². The summed E-state index contributed by atoms with van der Waals surface area (Å²) in [5.41, 5.74) is 0.517. The van der Waals surface area contributed by atoms with Crippen molar-refractivity contribution in [3.05, 3.63) is 71.3 Å². The molecular formula is C20H22F2N2. The third-order valence-electron chi connectivity index (χ3n) is 4.20. The summed E-state index contributed by atoms with van der Waals surface area (Å²) in [6.45, 7) is 2.91. The van der Waals surface area contributed by atoms with Crippen LogP contribution in [0.4, 0.5) is 8.78 Å². The van der Waals surface area contributed by atoms with Gasteiger partial charge in [-0.1, -0.05) is 31.2 Å². The third-order valence-corrected chi connectivity index (χ3v) is 4.20. The van der Waals surface area contributed by atoms with Crippen LogP contribution >= 0.6 is 0 Å². The van der Waals surface area contributed by atoms with Crippen LogP contribution in [0.25, 0.3) is 0 Å². The van der Waals surface area contributed by atoms with E-state index in [4.69, 9.17) is 0 Å².